The van der Waals surface area contributed by atoms with Crippen LogP contribution >= 0.6 is 0 Å². The van der Waals surface area contributed by atoms with Gasteiger partial charge in [-0.3, -0.25) is 18.7 Å². The van der Waals surface area contributed by atoms with Crippen LogP contribution in [0.2, 0.25) is 0 Å². The molecule has 8 heteroatoms. The molecule has 0 aliphatic carbocycles. The summed E-state index contributed by atoms with van der Waals surface area (Å²) in [5, 5.41) is 0. The highest BCUT2D eigenvalue weighted by molar-refractivity contribution is 5.92. The van der Waals surface area contributed by atoms with Gasteiger partial charge >= 0.3 is 5.69 Å². The lowest BCUT2D eigenvalue weighted by Gasteiger charge is -2.18. The maximum atomic E-state index is 12.0. The smallest absolute Gasteiger partial charge is 0.330 e. The summed E-state index contributed by atoms with van der Waals surface area (Å²) >= 11 is 0. The molecule has 8 nitrogen and oxygen atoms in total. The monoisotopic (exact) mass is 283 g/mol. The van der Waals surface area contributed by atoms with Crippen molar-refractivity contribution >= 4 is 5.91 Å². The number of aromatic nitrogens is 2. The highest BCUT2D eigenvalue weighted by Gasteiger charge is 2.33. The van der Waals surface area contributed by atoms with E-state index in [0.29, 0.717) is 6.61 Å². The zero-order valence-electron chi connectivity index (χ0n) is 11.6. The molecular formula is C12H17N3O5. The molecule has 0 spiro atoms. The number of nitrogens with zero attached hydrogens (tertiary/aromatic N) is 2. The van der Waals surface area contributed by atoms with Gasteiger partial charge in [0.2, 0.25) is 0 Å². The Hall–Kier alpha value is -1.93. The van der Waals surface area contributed by atoms with Crippen LogP contribution in [0, 0.1) is 0 Å². The van der Waals surface area contributed by atoms with Gasteiger partial charge in [-0.05, 0) is 13.8 Å². The van der Waals surface area contributed by atoms with Crippen molar-refractivity contribution in [1.29, 1.82) is 0 Å². The Morgan fingerprint density at radius 1 is 1.50 bits per heavy atom. The summed E-state index contributed by atoms with van der Waals surface area (Å²) in [6.07, 6.45) is 0.836. The van der Waals surface area contributed by atoms with Gasteiger partial charge in [0.25, 0.3) is 11.5 Å². The van der Waals surface area contributed by atoms with E-state index in [1.54, 1.807) is 13.8 Å². The van der Waals surface area contributed by atoms with Crippen LogP contribution in [0.1, 0.15) is 24.2 Å². The molecule has 0 aromatic carbocycles. The van der Waals surface area contributed by atoms with Gasteiger partial charge < -0.3 is 15.2 Å². The first kappa shape index (κ1) is 14.5. The van der Waals surface area contributed by atoms with Crippen LogP contribution in [0.4, 0.5) is 0 Å². The molecule has 2 rings (SSSR count). The lowest BCUT2D eigenvalue weighted by atomic mass is 10.3. The number of carbonyl (C=O) groups excluding carboxylic acids is 1. The molecule has 1 aliphatic heterocycles. The van der Waals surface area contributed by atoms with Crippen LogP contribution in [0.5, 0.6) is 0 Å². The first-order valence-electron chi connectivity index (χ1n) is 6.13. The van der Waals surface area contributed by atoms with Gasteiger partial charge in [-0.2, -0.15) is 0 Å². The third kappa shape index (κ3) is 2.66. The third-order valence-electron chi connectivity index (χ3n) is 3.09. The normalized spacial score (nSPS) is 21.1. The molecule has 1 amide bonds. The number of amides is 1. The fourth-order valence-electron chi connectivity index (χ4n) is 2.10. The largest absolute Gasteiger partial charge is 0.365 e. The quantitative estimate of drug-likeness (QED) is 0.750. The molecule has 1 aromatic heterocycles. The molecule has 2 heterocycles. The lowest BCUT2D eigenvalue weighted by Crippen LogP contribution is -2.43. The zero-order chi connectivity index (χ0) is 15.1. The first-order chi connectivity index (χ1) is 9.21. The summed E-state index contributed by atoms with van der Waals surface area (Å²) in [5.74, 6) is -1.58. The predicted octanol–water partition coefficient (Wildman–Crippen LogP) is -1.20. The molecule has 0 saturated carbocycles. The van der Waals surface area contributed by atoms with Crippen molar-refractivity contribution in [2.75, 3.05) is 6.61 Å². The Balaban J connectivity index is 2.36. The number of hydrogen-bond donors (Lipinski definition) is 1. The average Bonchev–Trinajstić information content (AvgIpc) is 2.69. The summed E-state index contributed by atoms with van der Waals surface area (Å²) in [7, 11) is 1.30. The van der Waals surface area contributed by atoms with E-state index in [0.717, 1.165) is 4.57 Å². The number of ether oxygens (including phenoxy) is 2. The van der Waals surface area contributed by atoms with Gasteiger partial charge in [-0.25, -0.2) is 4.79 Å². The van der Waals surface area contributed by atoms with Gasteiger partial charge in [-0.15, -0.1) is 0 Å². The molecule has 0 radical (unpaired) electrons. The van der Waals surface area contributed by atoms with Crippen molar-refractivity contribution in [3.05, 3.63) is 32.6 Å². The van der Waals surface area contributed by atoms with Crippen LogP contribution < -0.4 is 17.0 Å². The fourth-order valence-corrected chi connectivity index (χ4v) is 2.10. The van der Waals surface area contributed by atoms with E-state index in [4.69, 9.17) is 15.2 Å². The molecule has 2 N–H and O–H groups in total. The maximum absolute atomic E-state index is 12.0. The van der Waals surface area contributed by atoms with E-state index in [9.17, 15) is 14.4 Å². The second-order valence-electron chi connectivity index (χ2n) is 5.16. The fraction of sp³-hybridized carbons (Fsp3) is 0.583. The molecule has 1 saturated heterocycles. The summed E-state index contributed by atoms with van der Waals surface area (Å²) in [4.78, 5) is 34.9. The number of primary amides is 1. The molecule has 20 heavy (non-hydrogen) atoms. The van der Waals surface area contributed by atoms with Crippen molar-refractivity contribution in [2.45, 2.75) is 32.3 Å². The molecule has 1 aromatic rings. The third-order valence-corrected chi connectivity index (χ3v) is 3.09. The van der Waals surface area contributed by atoms with Crippen LogP contribution in [0.3, 0.4) is 0 Å². The van der Waals surface area contributed by atoms with Gasteiger partial charge in [0.1, 0.15) is 11.7 Å². The number of carbonyl (C=O) groups is 1. The van der Waals surface area contributed by atoms with Crippen molar-refractivity contribution < 1.29 is 14.3 Å². The topological polar surface area (TPSA) is 106 Å². The minimum atomic E-state index is -0.872. The number of hydrogen-bond acceptors (Lipinski definition) is 5. The highest BCUT2D eigenvalue weighted by atomic mass is 16.7. The Labute approximate surface area is 114 Å². The standard InChI is InChI=1S/C12H17N3O5/c1-12(2)19-6-7(20-12)4-15-5-8(9(13)16)10(17)14(3)11(15)18/h5,7H,4,6H2,1-3H3,(H2,13,16). The van der Waals surface area contributed by atoms with Crippen LogP contribution in [0.15, 0.2) is 15.8 Å². The molecule has 1 aliphatic rings. The molecule has 1 atom stereocenters. The van der Waals surface area contributed by atoms with Gasteiger partial charge in [-0.1, -0.05) is 0 Å². The molecular weight excluding hydrogens is 266 g/mol. The van der Waals surface area contributed by atoms with Gasteiger partial charge in [0.05, 0.1) is 13.2 Å². The Morgan fingerprint density at radius 3 is 2.65 bits per heavy atom. The van der Waals surface area contributed by atoms with Gasteiger partial charge in [0, 0.05) is 13.2 Å². The maximum Gasteiger partial charge on any atom is 0.330 e. The van der Waals surface area contributed by atoms with Crippen LogP contribution in [-0.4, -0.2) is 33.5 Å². The molecule has 0 bridgehead atoms. The summed E-state index contributed by atoms with van der Waals surface area (Å²) < 4.78 is 13.1. The van der Waals surface area contributed by atoms with Crippen molar-refractivity contribution in [2.24, 2.45) is 12.8 Å². The van der Waals surface area contributed by atoms with E-state index in [1.807, 2.05) is 0 Å². The average molecular weight is 283 g/mol. The summed E-state index contributed by atoms with van der Waals surface area (Å²) in [5.41, 5.74) is 3.66. The number of nitrogens with two attached hydrogens (primary N) is 1. The summed E-state index contributed by atoms with van der Waals surface area (Å²) in [6.45, 7) is 4.04. The van der Waals surface area contributed by atoms with Gasteiger partial charge in [0.15, 0.2) is 5.79 Å². The van der Waals surface area contributed by atoms with E-state index in [-0.39, 0.29) is 18.2 Å². The zero-order valence-corrected chi connectivity index (χ0v) is 11.6. The lowest BCUT2D eigenvalue weighted by molar-refractivity contribution is -0.139. The van der Waals surface area contributed by atoms with Crippen LogP contribution in [-0.2, 0) is 23.1 Å². The minimum Gasteiger partial charge on any atom is -0.365 e. The van der Waals surface area contributed by atoms with Crippen LogP contribution in [0.25, 0.3) is 0 Å². The predicted molar refractivity (Wildman–Crippen MR) is 69.4 cm³/mol. The highest BCUT2D eigenvalue weighted by Crippen LogP contribution is 2.22. The number of rotatable bonds is 3. The van der Waals surface area contributed by atoms with Crippen molar-refractivity contribution in [1.82, 2.24) is 9.13 Å². The molecule has 1 fully saturated rings. The van der Waals surface area contributed by atoms with Crippen molar-refractivity contribution in [3.63, 3.8) is 0 Å². The molecule has 1 unspecified atom stereocenters. The second kappa shape index (κ2) is 4.88. The minimum absolute atomic E-state index is 0.177. The van der Waals surface area contributed by atoms with Crippen molar-refractivity contribution in [3.8, 4) is 0 Å². The SMILES string of the molecule is Cn1c(=O)c(C(N)=O)cn(CC2COC(C)(C)O2)c1=O. The Kier molecular flexibility index (Phi) is 3.53. The van der Waals surface area contributed by atoms with E-state index in [2.05, 4.69) is 0 Å². The molecule has 110 valence electrons. The van der Waals surface area contributed by atoms with E-state index in [1.165, 1.54) is 17.8 Å². The van der Waals surface area contributed by atoms with E-state index < -0.39 is 22.9 Å². The van der Waals surface area contributed by atoms with E-state index >= 15 is 0 Å². The summed E-state index contributed by atoms with van der Waals surface area (Å²) in [6, 6.07) is 0. The first-order valence-corrected chi connectivity index (χ1v) is 6.13. The Morgan fingerprint density at radius 2 is 2.15 bits per heavy atom. The Bertz CT molecular complexity index is 658. The second-order valence-corrected chi connectivity index (χ2v) is 5.16.